The molecular formula is C12H11ClN2O3S. The molecular weight excluding hydrogens is 288 g/mol. The molecule has 0 saturated heterocycles. The minimum Gasteiger partial charge on any atom is -0.383 e. The zero-order valence-electron chi connectivity index (χ0n) is 10.1. The van der Waals surface area contributed by atoms with E-state index >= 15 is 0 Å². The topological polar surface area (TPSA) is 61.2 Å². The van der Waals surface area contributed by atoms with Crippen molar-refractivity contribution in [2.24, 2.45) is 0 Å². The lowest BCUT2D eigenvalue weighted by molar-refractivity contribution is 0.107. The highest BCUT2D eigenvalue weighted by molar-refractivity contribution is 7.13. The normalized spacial score (nSPS) is 10.6. The Labute approximate surface area is 118 Å². The average Bonchev–Trinajstić information content (AvgIpc) is 2.91. The van der Waals surface area contributed by atoms with Crippen LogP contribution in [0.2, 0.25) is 0 Å². The van der Waals surface area contributed by atoms with Crippen LogP contribution in [0.25, 0.3) is 10.6 Å². The second-order valence-corrected chi connectivity index (χ2v) is 5.01. The zero-order valence-corrected chi connectivity index (χ0v) is 11.7. The maximum Gasteiger partial charge on any atom is 0.279 e. The molecule has 0 aliphatic rings. The van der Waals surface area contributed by atoms with Crippen LogP contribution < -0.4 is 5.56 Å². The fraction of sp³-hybridized carbons (Fsp3) is 0.250. The van der Waals surface area contributed by atoms with Crippen molar-refractivity contribution in [1.82, 2.24) is 9.78 Å². The first-order valence-electron chi connectivity index (χ1n) is 5.48. The lowest BCUT2D eigenvalue weighted by Gasteiger charge is -2.07. The van der Waals surface area contributed by atoms with Crippen molar-refractivity contribution in [3.8, 4) is 10.6 Å². The van der Waals surface area contributed by atoms with Crippen LogP contribution in [0.15, 0.2) is 28.4 Å². The Kier molecular flexibility index (Phi) is 4.47. The quantitative estimate of drug-likeness (QED) is 0.792. The van der Waals surface area contributed by atoms with E-state index in [0.717, 1.165) is 4.88 Å². The van der Waals surface area contributed by atoms with Crippen molar-refractivity contribution in [3.63, 3.8) is 0 Å². The SMILES string of the molecule is COCCn1nc(-c2cccs2)cc(C(=O)Cl)c1=O. The summed E-state index contributed by atoms with van der Waals surface area (Å²) in [6.07, 6.45) is 0. The van der Waals surface area contributed by atoms with E-state index in [9.17, 15) is 9.59 Å². The Morgan fingerprint density at radius 2 is 2.37 bits per heavy atom. The van der Waals surface area contributed by atoms with Crippen molar-refractivity contribution in [2.45, 2.75) is 6.54 Å². The number of ether oxygens (including phenoxy) is 1. The number of rotatable bonds is 5. The summed E-state index contributed by atoms with van der Waals surface area (Å²) in [5.41, 5.74) is -0.0248. The lowest BCUT2D eigenvalue weighted by atomic mass is 10.2. The minimum atomic E-state index is -0.781. The average molecular weight is 299 g/mol. The van der Waals surface area contributed by atoms with Gasteiger partial charge in [0.1, 0.15) is 11.3 Å². The Morgan fingerprint density at radius 3 is 2.95 bits per heavy atom. The van der Waals surface area contributed by atoms with Gasteiger partial charge in [0.05, 0.1) is 18.0 Å². The predicted octanol–water partition coefficient (Wildman–Crippen LogP) is 2.00. The molecule has 0 bridgehead atoms. The van der Waals surface area contributed by atoms with Gasteiger partial charge in [0, 0.05) is 7.11 Å². The Morgan fingerprint density at radius 1 is 1.58 bits per heavy atom. The molecule has 100 valence electrons. The number of halogens is 1. The minimum absolute atomic E-state index is 0.0730. The second kappa shape index (κ2) is 6.10. The van der Waals surface area contributed by atoms with Crippen LogP contribution in [-0.4, -0.2) is 28.7 Å². The summed E-state index contributed by atoms with van der Waals surface area (Å²) in [6.45, 7) is 0.600. The molecule has 2 heterocycles. The first-order chi connectivity index (χ1) is 9.13. The van der Waals surface area contributed by atoms with Crippen molar-refractivity contribution in [2.75, 3.05) is 13.7 Å². The third-order valence-electron chi connectivity index (χ3n) is 2.47. The number of carbonyl (C=O) groups excluding carboxylic acids is 1. The number of thiophene rings is 1. The molecule has 0 aromatic carbocycles. The van der Waals surface area contributed by atoms with Gasteiger partial charge in [-0.3, -0.25) is 9.59 Å². The van der Waals surface area contributed by atoms with Gasteiger partial charge in [-0.2, -0.15) is 5.10 Å². The molecule has 0 unspecified atom stereocenters. The van der Waals surface area contributed by atoms with Gasteiger partial charge in [-0.1, -0.05) is 6.07 Å². The first-order valence-corrected chi connectivity index (χ1v) is 6.74. The van der Waals surface area contributed by atoms with E-state index in [2.05, 4.69) is 5.10 Å². The Hall–Kier alpha value is -1.50. The smallest absolute Gasteiger partial charge is 0.279 e. The molecule has 2 aromatic rings. The summed E-state index contributed by atoms with van der Waals surface area (Å²) in [6, 6.07) is 5.15. The molecule has 19 heavy (non-hydrogen) atoms. The van der Waals surface area contributed by atoms with Crippen LogP contribution in [-0.2, 0) is 11.3 Å². The maximum absolute atomic E-state index is 12.0. The Bertz CT molecular complexity index is 637. The summed E-state index contributed by atoms with van der Waals surface area (Å²) < 4.78 is 6.12. The number of aromatic nitrogens is 2. The van der Waals surface area contributed by atoms with Gasteiger partial charge in [0.2, 0.25) is 0 Å². The van der Waals surface area contributed by atoms with Crippen molar-refractivity contribution >= 4 is 28.2 Å². The van der Waals surface area contributed by atoms with E-state index in [0.29, 0.717) is 12.3 Å². The maximum atomic E-state index is 12.0. The predicted molar refractivity (Wildman–Crippen MR) is 73.9 cm³/mol. The molecule has 2 rings (SSSR count). The molecule has 7 heteroatoms. The summed E-state index contributed by atoms with van der Waals surface area (Å²) >= 11 is 6.91. The highest BCUT2D eigenvalue weighted by atomic mass is 35.5. The van der Waals surface area contributed by atoms with E-state index in [-0.39, 0.29) is 12.1 Å². The number of nitrogens with zero attached hydrogens (tertiary/aromatic N) is 2. The molecule has 0 saturated carbocycles. The molecule has 0 atom stereocenters. The van der Waals surface area contributed by atoms with E-state index < -0.39 is 10.8 Å². The summed E-state index contributed by atoms with van der Waals surface area (Å²) in [7, 11) is 1.53. The molecule has 0 aliphatic heterocycles. The monoisotopic (exact) mass is 298 g/mol. The van der Waals surface area contributed by atoms with E-state index in [4.69, 9.17) is 16.3 Å². The molecule has 0 radical (unpaired) electrons. The molecule has 0 amide bonds. The van der Waals surface area contributed by atoms with Gasteiger partial charge in [0.25, 0.3) is 10.8 Å². The second-order valence-electron chi connectivity index (χ2n) is 3.72. The third-order valence-corrected chi connectivity index (χ3v) is 3.56. The zero-order chi connectivity index (χ0) is 13.8. The lowest BCUT2D eigenvalue weighted by Crippen LogP contribution is -2.29. The van der Waals surface area contributed by atoms with Gasteiger partial charge < -0.3 is 4.74 Å². The van der Waals surface area contributed by atoms with Gasteiger partial charge in [-0.05, 0) is 29.1 Å². The number of carbonyl (C=O) groups is 1. The fourth-order valence-electron chi connectivity index (χ4n) is 1.56. The van der Waals surface area contributed by atoms with E-state index in [1.165, 1.54) is 29.2 Å². The van der Waals surface area contributed by atoms with E-state index in [1.54, 1.807) is 0 Å². The molecule has 5 nitrogen and oxygen atoms in total. The van der Waals surface area contributed by atoms with Gasteiger partial charge in [0.15, 0.2) is 0 Å². The number of methoxy groups -OCH3 is 1. The Balaban J connectivity index is 2.54. The largest absolute Gasteiger partial charge is 0.383 e. The van der Waals surface area contributed by atoms with Gasteiger partial charge in [-0.25, -0.2) is 4.68 Å². The van der Waals surface area contributed by atoms with Crippen LogP contribution in [0.1, 0.15) is 10.4 Å². The van der Waals surface area contributed by atoms with Crippen molar-refractivity contribution in [3.05, 3.63) is 39.5 Å². The van der Waals surface area contributed by atoms with Gasteiger partial charge >= 0.3 is 0 Å². The number of hydrogen-bond donors (Lipinski definition) is 0. The fourth-order valence-corrected chi connectivity index (χ4v) is 2.37. The number of hydrogen-bond acceptors (Lipinski definition) is 5. The molecule has 0 fully saturated rings. The highest BCUT2D eigenvalue weighted by Crippen LogP contribution is 2.22. The highest BCUT2D eigenvalue weighted by Gasteiger charge is 2.14. The molecule has 0 N–H and O–H groups in total. The summed E-state index contributed by atoms with van der Waals surface area (Å²) in [5.74, 6) is 0. The van der Waals surface area contributed by atoms with Crippen molar-refractivity contribution < 1.29 is 9.53 Å². The first kappa shape index (κ1) is 13.9. The standard InChI is InChI=1S/C12H11ClN2O3S/c1-18-5-4-15-12(17)8(11(13)16)7-9(14-15)10-3-2-6-19-10/h2-3,6-7H,4-5H2,1H3. The van der Waals surface area contributed by atoms with Crippen LogP contribution in [0.4, 0.5) is 0 Å². The van der Waals surface area contributed by atoms with Gasteiger partial charge in [-0.15, -0.1) is 11.3 Å². The summed E-state index contributed by atoms with van der Waals surface area (Å²) in [5, 5.41) is 5.33. The van der Waals surface area contributed by atoms with Crippen LogP contribution >= 0.6 is 22.9 Å². The van der Waals surface area contributed by atoms with Crippen LogP contribution in [0, 0.1) is 0 Å². The molecule has 0 aliphatic carbocycles. The van der Waals surface area contributed by atoms with E-state index in [1.807, 2.05) is 17.5 Å². The van der Waals surface area contributed by atoms with Crippen LogP contribution in [0.3, 0.4) is 0 Å². The van der Waals surface area contributed by atoms with Crippen LogP contribution in [0.5, 0.6) is 0 Å². The third kappa shape index (κ3) is 3.09. The molecule has 2 aromatic heterocycles. The summed E-state index contributed by atoms with van der Waals surface area (Å²) in [4.78, 5) is 24.2. The molecule has 0 spiro atoms. The van der Waals surface area contributed by atoms with Crippen molar-refractivity contribution in [1.29, 1.82) is 0 Å².